The van der Waals surface area contributed by atoms with E-state index in [1.54, 1.807) is 24.4 Å². The van der Waals surface area contributed by atoms with Crippen LogP contribution in [0.3, 0.4) is 0 Å². The normalized spacial score (nSPS) is 17.9. The van der Waals surface area contributed by atoms with Crippen LogP contribution in [-0.4, -0.2) is 47.9 Å². The maximum Gasteiger partial charge on any atom is 0.253 e. The van der Waals surface area contributed by atoms with Crippen molar-refractivity contribution >= 4 is 28.6 Å². The zero-order chi connectivity index (χ0) is 30.2. The predicted octanol–water partition coefficient (Wildman–Crippen LogP) is 5.35. The molecule has 0 radical (unpaired) electrons. The summed E-state index contributed by atoms with van der Waals surface area (Å²) in [6.07, 6.45) is 2.51. The molecule has 44 heavy (non-hydrogen) atoms. The van der Waals surface area contributed by atoms with Crippen LogP contribution in [0.1, 0.15) is 34.0 Å². The molecule has 0 spiro atoms. The lowest BCUT2D eigenvalue weighted by Gasteiger charge is -2.27. The van der Waals surface area contributed by atoms with Crippen molar-refractivity contribution in [2.75, 3.05) is 31.9 Å². The van der Waals surface area contributed by atoms with Crippen molar-refractivity contribution in [2.24, 2.45) is 5.92 Å². The van der Waals surface area contributed by atoms with E-state index in [0.717, 1.165) is 52.7 Å². The van der Waals surface area contributed by atoms with Gasteiger partial charge in [-0.1, -0.05) is 30.3 Å². The number of rotatable bonds is 7. The van der Waals surface area contributed by atoms with Crippen molar-refractivity contribution in [3.05, 3.63) is 108 Å². The Kier molecular flexibility index (Phi) is 7.31. The molecule has 2 aliphatic rings. The molecule has 222 valence electrons. The number of hydrogen-bond donors (Lipinski definition) is 3. The largest absolute Gasteiger partial charge is 0.459 e. The van der Waals surface area contributed by atoms with E-state index in [9.17, 15) is 14.0 Å². The zero-order valence-corrected chi connectivity index (χ0v) is 24.1. The first-order chi connectivity index (χ1) is 21.4. The summed E-state index contributed by atoms with van der Waals surface area (Å²) >= 11 is 0. The number of carbonyl (C=O) groups excluding carboxylic acids is 2. The molecular formula is C35H32FN5O3. The van der Waals surface area contributed by atoms with Gasteiger partial charge in [-0.15, -0.1) is 0 Å². The van der Waals surface area contributed by atoms with Gasteiger partial charge in [-0.3, -0.25) is 9.59 Å². The van der Waals surface area contributed by atoms with Crippen molar-refractivity contribution in [1.29, 1.82) is 0 Å². The van der Waals surface area contributed by atoms with E-state index in [4.69, 9.17) is 10.2 Å². The third-order valence-electron chi connectivity index (χ3n) is 8.49. The molecule has 1 aliphatic carbocycles. The van der Waals surface area contributed by atoms with E-state index in [0.29, 0.717) is 35.8 Å². The summed E-state index contributed by atoms with van der Waals surface area (Å²) in [6, 6.07) is 23.6. The fourth-order valence-electron chi connectivity index (χ4n) is 5.95. The number of nitrogens with one attached hydrogen (secondary N) is 2. The standard InChI is InChI=1S/C35H32FN5O3/c36-27-8-5-22(6-9-27)30-17-25(21-1-3-23(4-2-21)35(43)41-13-11-38-12-14-41)15-26-16-28(44-33(26)30)20-40-34(42)31-18-29(31)24-7-10-32(37)39-19-24/h1-10,15-17,19,29,31,38H,11-14,18,20H2,(H2,37,39)(H,40,42)/t29-,31+/m1/s1. The van der Waals surface area contributed by atoms with Crippen molar-refractivity contribution < 1.29 is 18.4 Å². The van der Waals surface area contributed by atoms with Crippen molar-refractivity contribution in [3.8, 4) is 22.3 Å². The van der Waals surface area contributed by atoms with Crippen LogP contribution in [0.2, 0.25) is 0 Å². The second kappa shape index (κ2) is 11.6. The average molecular weight is 590 g/mol. The summed E-state index contributed by atoms with van der Waals surface area (Å²) in [4.78, 5) is 31.9. The van der Waals surface area contributed by atoms with Crippen molar-refractivity contribution in [3.63, 3.8) is 0 Å². The summed E-state index contributed by atoms with van der Waals surface area (Å²) in [5.41, 5.74) is 11.5. The Labute approximate surface area is 254 Å². The van der Waals surface area contributed by atoms with Gasteiger partial charge in [0, 0.05) is 54.8 Å². The molecule has 2 aromatic heterocycles. The molecule has 8 nitrogen and oxygen atoms in total. The molecule has 0 bridgehead atoms. The molecular weight excluding hydrogens is 557 g/mol. The highest BCUT2D eigenvalue weighted by atomic mass is 19.1. The highest BCUT2D eigenvalue weighted by Crippen LogP contribution is 2.47. The molecule has 0 unspecified atom stereocenters. The smallest absolute Gasteiger partial charge is 0.253 e. The number of hydrogen-bond acceptors (Lipinski definition) is 6. The number of aromatic nitrogens is 1. The van der Waals surface area contributed by atoms with E-state index in [1.165, 1.54) is 12.1 Å². The van der Waals surface area contributed by atoms with Gasteiger partial charge >= 0.3 is 0 Å². The van der Waals surface area contributed by atoms with Gasteiger partial charge in [0.25, 0.3) is 5.91 Å². The molecule has 2 atom stereocenters. The number of benzene rings is 3. The van der Waals surface area contributed by atoms with Gasteiger partial charge in [-0.25, -0.2) is 9.37 Å². The second-order valence-corrected chi connectivity index (χ2v) is 11.5. The SMILES string of the molecule is Nc1ccc([C@H]2C[C@@H]2C(=O)NCc2cc3cc(-c4ccc(C(=O)N5CCNCC5)cc4)cc(-c4ccc(F)cc4)c3o2)cn1. The number of nitrogens with zero attached hydrogens (tertiary/aromatic N) is 2. The Balaban J connectivity index is 1.13. The van der Waals surface area contributed by atoms with Gasteiger partial charge in [0.2, 0.25) is 5.91 Å². The van der Waals surface area contributed by atoms with Gasteiger partial charge in [0.15, 0.2) is 0 Å². The minimum Gasteiger partial charge on any atom is -0.459 e. The van der Waals surface area contributed by atoms with Gasteiger partial charge in [-0.05, 0) is 83.1 Å². The van der Waals surface area contributed by atoms with E-state index >= 15 is 0 Å². The van der Waals surface area contributed by atoms with Crippen molar-refractivity contribution in [2.45, 2.75) is 18.9 Å². The number of fused-ring (bicyclic) bond motifs is 1. The van der Waals surface area contributed by atoms with E-state index in [1.807, 2.05) is 53.4 Å². The fraction of sp³-hybridized carbons (Fsp3) is 0.229. The Bertz CT molecular complexity index is 1830. The third kappa shape index (κ3) is 5.66. The lowest BCUT2D eigenvalue weighted by molar-refractivity contribution is -0.122. The quantitative estimate of drug-likeness (QED) is 0.236. The summed E-state index contributed by atoms with van der Waals surface area (Å²) in [5.74, 6) is 0.810. The number of anilines is 1. The number of piperazine rings is 1. The molecule has 2 fully saturated rings. The molecule has 4 N–H and O–H groups in total. The monoisotopic (exact) mass is 589 g/mol. The predicted molar refractivity (Wildman–Crippen MR) is 167 cm³/mol. The van der Waals surface area contributed by atoms with Gasteiger partial charge in [0.1, 0.15) is 23.0 Å². The molecule has 1 aliphatic heterocycles. The fourth-order valence-corrected chi connectivity index (χ4v) is 5.95. The molecule has 3 heterocycles. The molecule has 3 aromatic carbocycles. The maximum absolute atomic E-state index is 13.8. The molecule has 9 heteroatoms. The second-order valence-electron chi connectivity index (χ2n) is 11.5. The van der Waals surface area contributed by atoms with Gasteiger partial charge in [-0.2, -0.15) is 0 Å². The summed E-state index contributed by atoms with van der Waals surface area (Å²) in [6.45, 7) is 3.24. The van der Waals surface area contributed by atoms with E-state index in [-0.39, 0.29) is 36.0 Å². The van der Waals surface area contributed by atoms with Crippen LogP contribution in [0.4, 0.5) is 10.2 Å². The van der Waals surface area contributed by atoms with Crippen LogP contribution in [0, 0.1) is 11.7 Å². The Morgan fingerprint density at radius 1 is 0.955 bits per heavy atom. The summed E-state index contributed by atoms with van der Waals surface area (Å²) < 4.78 is 20.1. The summed E-state index contributed by atoms with van der Waals surface area (Å²) in [7, 11) is 0. The number of pyridine rings is 1. The first-order valence-corrected chi connectivity index (χ1v) is 14.8. The highest BCUT2D eigenvalue weighted by molar-refractivity contribution is 5.98. The Morgan fingerprint density at radius 3 is 2.43 bits per heavy atom. The maximum atomic E-state index is 13.8. The first-order valence-electron chi connectivity index (χ1n) is 14.8. The van der Waals surface area contributed by atoms with Crippen molar-refractivity contribution in [1.82, 2.24) is 20.5 Å². The molecule has 7 rings (SSSR count). The highest BCUT2D eigenvalue weighted by Gasteiger charge is 2.44. The minimum absolute atomic E-state index is 0.0258. The van der Waals surface area contributed by atoms with Gasteiger partial charge in [0.05, 0.1) is 6.54 Å². The van der Waals surface area contributed by atoms with E-state index < -0.39 is 0 Å². The lowest BCUT2D eigenvalue weighted by Crippen LogP contribution is -2.46. The molecule has 1 saturated heterocycles. The van der Waals surface area contributed by atoms with Crippen LogP contribution in [0.25, 0.3) is 33.2 Å². The number of furan rings is 1. The lowest BCUT2D eigenvalue weighted by atomic mass is 9.96. The first kappa shape index (κ1) is 27.8. The number of amides is 2. The van der Waals surface area contributed by atoms with Crippen LogP contribution < -0.4 is 16.4 Å². The number of halogens is 1. The van der Waals surface area contributed by atoms with Gasteiger partial charge < -0.3 is 25.7 Å². The Morgan fingerprint density at radius 2 is 1.70 bits per heavy atom. The number of nitrogens with two attached hydrogens (primary N) is 1. The third-order valence-corrected chi connectivity index (χ3v) is 8.49. The van der Waals surface area contributed by atoms with Crippen LogP contribution in [-0.2, 0) is 11.3 Å². The van der Waals surface area contributed by atoms with Crippen LogP contribution >= 0.6 is 0 Å². The topological polar surface area (TPSA) is 113 Å². The number of carbonyl (C=O) groups is 2. The van der Waals surface area contributed by atoms with Crippen LogP contribution in [0.15, 0.2) is 89.5 Å². The summed E-state index contributed by atoms with van der Waals surface area (Å²) in [5, 5.41) is 7.16. The number of nitrogen functional groups attached to an aromatic ring is 1. The minimum atomic E-state index is -0.318. The zero-order valence-electron chi connectivity index (χ0n) is 24.1. The Hall–Kier alpha value is -5.02. The molecule has 2 amide bonds. The molecule has 1 saturated carbocycles. The van der Waals surface area contributed by atoms with Crippen LogP contribution in [0.5, 0.6) is 0 Å². The molecule has 5 aromatic rings. The average Bonchev–Trinajstić information content (AvgIpc) is 3.75. The van der Waals surface area contributed by atoms with E-state index in [2.05, 4.69) is 15.6 Å².